The number of nitrogens with zero attached hydrogens (tertiary/aromatic N) is 1. The third-order valence-electron chi connectivity index (χ3n) is 1.56. The zero-order chi connectivity index (χ0) is 9.40. The van der Waals surface area contributed by atoms with Gasteiger partial charge in [-0.2, -0.15) is 11.8 Å². The van der Waals surface area contributed by atoms with E-state index in [4.69, 9.17) is 0 Å². The Hall–Kier alpha value is 0.300. The monoisotopic (exact) mass is 253 g/mol. The van der Waals surface area contributed by atoms with Gasteiger partial charge < -0.3 is 4.90 Å². The summed E-state index contributed by atoms with van der Waals surface area (Å²) in [5, 5.41) is 0.968. The van der Waals surface area contributed by atoms with Gasteiger partial charge in [-0.1, -0.05) is 15.9 Å². The Morgan fingerprint density at radius 1 is 1.58 bits per heavy atom. The fourth-order valence-electron chi connectivity index (χ4n) is 0.925. The summed E-state index contributed by atoms with van der Waals surface area (Å²) in [5.74, 6) is 0.863. The standard InChI is InChI=1S/C8H16BrNOS/c1-3-10(6-4-5-9)8(11)7-12-2/h3-7H2,1-2H3. The minimum absolute atomic E-state index is 0.256. The first-order valence-corrected chi connectivity index (χ1v) is 6.60. The number of thioether (sulfide) groups is 1. The van der Waals surface area contributed by atoms with Crippen LogP contribution in [0.15, 0.2) is 0 Å². The van der Waals surface area contributed by atoms with Gasteiger partial charge in [0, 0.05) is 18.4 Å². The van der Waals surface area contributed by atoms with Gasteiger partial charge in [-0.05, 0) is 19.6 Å². The number of halogens is 1. The van der Waals surface area contributed by atoms with Crippen LogP contribution >= 0.6 is 27.7 Å². The maximum absolute atomic E-state index is 11.4. The average molecular weight is 254 g/mol. The first-order valence-electron chi connectivity index (χ1n) is 4.09. The van der Waals surface area contributed by atoms with E-state index in [2.05, 4.69) is 15.9 Å². The lowest BCUT2D eigenvalue weighted by Crippen LogP contribution is -2.33. The van der Waals surface area contributed by atoms with E-state index in [-0.39, 0.29) is 5.91 Å². The lowest BCUT2D eigenvalue weighted by molar-refractivity contribution is -0.128. The summed E-state index contributed by atoms with van der Waals surface area (Å²) in [6.07, 6.45) is 2.99. The van der Waals surface area contributed by atoms with Crippen molar-refractivity contribution in [1.82, 2.24) is 4.90 Å². The van der Waals surface area contributed by atoms with Crippen LogP contribution in [0.4, 0.5) is 0 Å². The van der Waals surface area contributed by atoms with Gasteiger partial charge in [0.15, 0.2) is 0 Å². The molecule has 0 fully saturated rings. The summed E-state index contributed by atoms with van der Waals surface area (Å²) in [6.45, 7) is 3.72. The van der Waals surface area contributed by atoms with Crippen LogP contribution in [0.1, 0.15) is 13.3 Å². The van der Waals surface area contributed by atoms with Crippen LogP contribution in [0.2, 0.25) is 0 Å². The molecule has 0 N–H and O–H groups in total. The smallest absolute Gasteiger partial charge is 0.232 e. The molecular weight excluding hydrogens is 238 g/mol. The lowest BCUT2D eigenvalue weighted by atomic mass is 10.4. The topological polar surface area (TPSA) is 20.3 Å². The van der Waals surface area contributed by atoms with Crippen molar-refractivity contribution in [2.45, 2.75) is 13.3 Å². The summed E-state index contributed by atoms with van der Waals surface area (Å²) in [4.78, 5) is 13.3. The van der Waals surface area contributed by atoms with Crippen LogP contribution in [-0.2, 0) is 4.79 Å². The third kappa shape index (κ3) is 5.04. The maximum atomic E-state index is 11.4. The Bertz CT molecular complexity index is 132. The quantitative estimate of drug-likeness (QED) is 0.675. The fraction of sp³-hybridized carbons (Fsp3) is 0.875. The molecule has 0 aliphatic carbocycles. The molecule has 12 heavy (non-hydrogen) atoms. The molecule has 0 saturated heterocycles. The van der Waals surface area contributed by atoms with Crippen molar-refractivity contribution >= 4 is 33.6 Å². The highest BCUT2D eigenvalue weighted by molar-refractivity contribution is 9.09. The Balaban J connectivity index is 3.71. The molecular formula is C8H16BrNOS. The van der Waals surface area contributed by atoms with E-state index >= 15 is 0 Å². The molecule has 0 unspecified atom stereocenters. The number of amides is 1. The molecule has 0 aromatic carbocycles. The van der Waals surface area contributed by atoms with Crippen LogP contribution < -0.4 is 0 Å². The van der Waals surface area contributed by atoms with Crippen molar-refractivity contribution in [2.24, 2.45) is 0 Å². The highest BCUT2D eigenvalue weighted by atomic mass is 79.9. The normalized spacial score (nSPS) is 9.92. The van der Waals surface area contributed by atoms with E-state index in [1.54, 1.807) is 11.8 Å². The van der Waals surface area contributed by atoms with Gasteiger partial charge in [0.05, 0.1) is 5.75 Å². The molecule has 1 amide bonds. The molecule has 0 atom stereocenters. The minimum Gasteiger partial charge on any atom is -0.342 e. The van der Waals surface area contributed by atoms with Gasteiger partial charge in [0.1, 0.15) is 0 Å². The van der Waals surface area contributed by atoms with Crippen LogP contribution in [0.5, 0.6) is 0 Å². The second-order valence-electron chi connectivity index (χ2n) is 2.45. The van der Waals surface area contributed by atoms with Crippen molar-refractivity contribution < 1.29 is 4.79 Å². The zero-order valence-electron chi connectivity index (χ0n) is 7.68. The first-order chi connectivity index (χ1) is 5.76. The summed E-state index contributed by atoms with van der Waals surface area (Å²) < 4.78 is 0. The SMILES string of the molecule is CCN(CCCBr)C(=O)CSC. The molecule has 0 rings (SSSR count). The van der Waals surface area contributed by atoms with E-state index in [1.165, 1.54) is 0 Å². The van der Waals surface area contributed by atoms with Gasteiger partial charge in [0.2, 0.25) is 5.91 Å². The summed E-state index contributed by atoms with van der Waals surface area (Å²) in [6, 6.07) is 0. The Kier molecular flexibility index (Phi) is 8.12. The average Bonchev–Trinajstić information content (AvgIpc) is 2.06. The molecule has 72 valence electrons. The predicted octanol–water partition coefficient (Wildman–Crippen LogP) is 1.98. The molecule has 0 aromatic rings. The van der Waals surface area contributed by atoms with Crippen LogP contribution in [-0.4, -0.2) is 41.2 Å². The number of rotatable bonds is 6. The van der Waals surface area contributed by atoms with Crippen LogP contribution in [0, 0.1) is 0 Å². The van der Waals surface area contributed by atoms with Gasteiger partial charge >= 0.3 is 0 Å². The van der Waals surface area contributed by atoms with Crippen LogP contribution in [0.3, 0.4) is 0 Å². The molecule has 0 aliphatic rings. The molecule has 0 aromatic heterocycles. The Labute approximate surface area is 87.2 Å². The second-order valence-corrected chi connectivity index (χ2v) is 4.11. The van der Waals surface area contributed by atoms with Gasteiger partial charge in [-0.3, -0.25) is 4.79 Å². The Morgan fingerprint density at radius 3 is 2.67 bits per heavy atom. The number of carbonyl (C=O) groups excluding carboxylic acids is 1. The van der Waals surface area contributed by atoms with Gasteiger partial charge in [0.25, 0.3) is 0 Å². The number of hydrogen-bond acceptors (Lipinski definition) is 2. The summed E-state index contributed by atoms with van der Waals surface area (Å²) >= 11 is 4.94. The maximum Gasteiger partial charge on any atom is 0.232 e. The molecule has 4 heteroatoms. The van der Waals surface area contributed by atoms with Gasteiger partial charge in [-0.25, -0.2) is 0 Å². The zero-order valence-corrected chi connectivity index (χ0v) is 10.1. The van der Waals surface area contributed by atoms with Crippen molar-refractivity contribution in [3.8, 4) is 0 Å². The lowest BCUT2D eigenvalue weighted by Gasteiger charge is -2.19. The molecule has 0 bridgehead atoms. The van der Waals surface area contributed by atoms with E-state index < -0.39 is 0 Å². The predicted molar refractivity (Wildman–Crippen MR) is 59.0 cm³/mol. The van der Waals surface area contributed by atoms with E-state index in [0.29, 0.717) is 5.75 Å². The van der Waals surface area contributed by atoms with E-state index in [1.807, 2.05) is 18.1 Å². The molecule has 2 nitrogen and oxygen atoms in total. The first kappa shape index (κ1) is 12.3. The van der Waals surface area contributed by atoms with Crippen molar-refractivity contribution in [3.05, 3.63) is 0 Å². The molecule has 0 aliphatic heterocycles. The largest absolute Gasteiger partial charge is 0.342 e. The molecule has 0 radical (unpaired) electrons. The van der Waals surface area contributed by atoms with Crippen molar-refractivity contribution in [1.29, 1.82) is 0 Å². The van der Waals surface area contributed by atoms with E-state index in [0.717, 1.165) is 24.8 Å². The fourth-order valence-corrected chi connectivity index (χ4v) is 1.60. The molecule has 0 spiro atoms. The summed E-state index contributed by atoms with van der Waals surface area (Å²) in [7, 11) is 0. The molecule has 0 saturated carbocycles. The minimum atomic E-state index is 0.256. The number of alkyl halides is 1. The second kappa shape index (κ2) is 7.92. The Morgan fingerprint density at radius 2 is 2.25 bits per heavy atom. The number of hydrogen-bond donors (Lipinski definition) is 0. The van der Waals surface area contributed by atoms with Crippen LogP contribution in [0.25, 0.3) is 0 Å². The van der Waals surface area contributed by atoms with E-state index in [9.17, 15) is 4.79 Å². The van der Waals surface area contributed by atoms with Crippen molar-refractivity contribution in [3.63, 3.8) is 0 Å². The summed E-state index contributed by atoms with van der Waals surface area (Å²) in [5.41, 5.74) is 0. The highest BCUT2D eigenvalue weighted by Gasteiger charge is 2.08. The highest BCUT2D eigenvalue weighted by Crippen LogP contribution is 2.00. The number of carbonyl (C=O) groups is 1. The van der Waals surface area contributed by atoms with Crippen molar-refractivity contribution in [2.75, 3.05) is 30.4 Å². The molecule has 0 heterocycles. The van der Waals surface area contributed by atoms with Gasteiger partial charge in [-0.15, -0.1) is 0 Å². The third-order valence-corrected chi connectivity index (χ3v) is 2.66.